The van der Waals surface area contributed by atoms with Crippen molar-refractivity contribution >= 4 is 23.5 Å². The molecule has 0 aromatic heterocycles. The van der Waals surface area contributed by atoms with Crippen LogP contribution in [-0.4, -0.2) is 81.0 Å². The lowest BCUT2D eigenvalue weighted by Crippen LogP contribution is -2.72. The van der Waals surface area contributed by atoms with Crippen LogP contribution in [0.5, 0.6) is 0 Å². The Hall–Kier alpha value is -2.92. The zero-order chi connectivity index (χ0) is 28.9. The van der Waals surface area contributed by atoms with E-state index < -0.39 is 76.9 Å². The van der Waals surface area contributed by atoms with Crippen molar-refractivity contribution in [3.63, 3.8) is 0 Å². The highest BCUT2D eigenvalue weighted by Gasteiger charge is 2.67. The topological polar surface area (TPSA) is 157 Å². The van der Waals surface area contributed by atoms with Crippen molar-refractivity contribution in [2.24, 2.45) is 11.3 Å². The number of aliphatic hydroxyl groups excluding tert-OH is 2. The van der Waals surface area contributed by atoms with Crippen molar-refractivity contribution in [1.29, 1.82) is 0 Å². The molecule has 2 aliphatic carbocycles. The largest absolute Gasteiger partial charge is 0.455 e. The molecular weight excluding hydrogens is 508 g/mol. The van der Waals surface area contributed by atoms with E-state index in [2.05, 4.69) is 0 Å². The Labute approximate surface area is 226 Å². The zero-order valence-corrected chi connectivity index (χ0v) is 22.8. The van der Waals surface area contributed by atoms with Gasteiger partial charge in [0.15, 0.2) is 5.60 Å². The van der Waals surface area contributed by atoms with Crippen molar-refractivity contribution < 1.29 is 48.7 Å². The first-order valence-electron chi connectivity index (χ1n) is 13.1. The van der Waals surface area contributed by atoms with Crippen LogP contribution < -0.4 is 0 Å². The molecule has 1 aromatic rings. The summed E-state index contributed by atoms with van der Waals surface area (Å²) in [7, 11) is 0. The van der Waals surface area contributed by atoms with Crippen LogP contribution in [0.25, 0.3) is 0 Å². The number of Topliss-reactive ketones (excluding diaryl/α,β-unsaturated/α-hetero) is 2. The molecule has 7 atom stereocenters. The number of rotatable bonds is 3. The maximum Gasteiger partial charge on any atom is 0.338 e. The smallest absolute Gasteiger partial charge is 0.338 e. The Morgan fingerprint density at radius 1 is 1.10 bits per heavy atom. The van der Waals surface area contributed by atoms with E-state index in [0.717, 1.165) is 0 Å². The van der Waals surface area contributed by atoms with Gasteiger partial charge in [0.1, 0.15) is 17.8 Å². The molecule has 1 saturated carbocycles. The Kier molecular flexibility index (Phi) is 7.63. The lowest BCUT2D eigenvalue weighted by Gasteiger charge is -2.58. The van der Waals surface area contributed by atoms with Gasteiger partial charge in [-0.2, -0.15) is 0 Å². The average Bonchev–Trinajstić information content (AvgIpc) is 2.86. The summed E-state index contributed by atoms with van der Waals surface area (Å²) in [5.41, 5.74) is -4.72. The fourth-order valence-electron chi connectivity index (χ4n) is 6.43. The number of esters is 2. The first-order valence-corrected chi connectivity index (χ1v) is 13.1. The molecule has 1 saturated heterocycles. The second kappa shape index (κ2) is 10.2. The molecular formula is C29H36O10. The fourth-order valence-corrected chi connectivity index (χ4v) is 6.43. The van der Waals surface area contributed by atoms with Gasteiger partial charge in [-0.1, -0.05) is 39.0 Å². The summed E-state index contributed by atoms with van der Waals surface area (Å²) in [4.78, 5) is 52.2. The third kappa shape index (κ3) is 4.73. The molecule has 4 rings (SSSR count). The van der Waals surface area contributed by atoms with Gasteiger partial charge < -0.3 is 29.5 Å². The van der Waals surface area contributed by atoms with Gasteiger partial charge in [0.25, 0.3) is 0 Å². The summed E-state index contributed by atoms with van der Waals surface area (Å²) in [6.07, 6.45) is -5.97. The Morgan fingerprint density at radius 3 is 2.31 bits per heavy atom. The monoisotopic (exact) mass is 544 g/mol. The van der Waals surface area contributed by atoms with Crippen LogP contribution in [0.4, 0.5) is 0 Å². The number of aliphatic hydroxyl groups is 3. The average molecular weight is 545 g/mol. The van der Waals surface area contributed by atoms with E-state index >= 15 is 0 Å². The third-order valence-electron chi connectivity index (χ3n) is 8.82. The minimum absolute atomic E-state index is 0.0996. The Bertz CT molecular complexity index is 1200. The molecule has 2 fully saturated rings. The highest BCUT2D eigenvalue weighted by Crippen LogP contribution is 2.54. The quantitative estimate of drug-likeness (QED) is 0.378. The minimum Gasteiger partial charge on any atom is -0.455 e. The van der Waals surface area contributed by atoms with E-state index in [1.54, 1.807) is 51.1 Å². The predicted molar refractivity (Wildman–Crippen MR) is 136 cm³/mol. The van der Waals surface area contributed by atoms with Crippen LogP contribution in [0.2, 0.25) is 0 Å². The van der Waals surface area contributed by atoms with E-state index in [9.17, 15) is 34.5 Å². The van der Waals surface area contributed by atoms with E-state index in [1.807, 2.05) is 0 Å². The third-order valence-corrected chi connectivity index (χ3v) is 8.82. The molecule has 1 aromatic carbocycles. The predicted octanol–water partition coefficient (Wildman–Crippen LogP) is 1.68. The highest BCUT2D eigenvalue weighted by molar-refractivity contribution is 6.44. The Morgan fingerprint density at radius 2 is 1.74 bits per heavy atom. The number of ether oxygens (including phenoxy) is 3. The maximum atomic E-state index is 13.5. The molecule has 39 heavy (non-hydrogen) atoms. The van der Waals surface area contributed by atoms with Crippen LogP contribution in [0.3, 0.4) is 0 Å². The SMILES string of the molecule is CC(=O)O[C@@]12COC1CC(O)CC(=O)C(=O)C1=C(C)[C@@H](O)CC(O)([C@@H](OC(=O)c3ccccc3)[C@H]2C)C1(C)C. The minimum atomic E-state index is -2.09. The molecule has 0 amide bonds. The first-order chi connectivity index (χ1) is 18.2. The van der Waals surface area contributed by atoms with Crippen molar-refractivity contribution in [2.75, 3.05) is 6.61 Å². The summed E-state index contributed by atoms with van der Waals surface area (Å²) >= 11 is 0. The number of ketones is 2. The van der Waals surface area contributed by atoms with E-state index in [-0.39, 0.29) is 36.2 Å². The number of benzene rings is 1. The van der Waals surface area contributed by atoms with Crippen molar-refractivity contribution in [1.82, 2.24) is 0 Å². The molecule has 212 valence electrons. The van der Waals surface area contributed by atoms with E-state index in [0.29, 0.717) is 0 Å². The van der Waals surface area contributed by atoms with Crippen LogP contribution in [0.1, 0.15) is 64.2 Å². The standard InChI is InChI=1S/C29H36O10/c1-15-21(33)13-29(36)25(38-26(35)18-9-7-6-8-10-18)16(2)28(39-17(3)30)14-37-22(28)12-19(31)11-20(32)24(34)23(15)27(29,4)5/h6-10,16,19,21-22,25,31,33,36H,11-14H2,1-5H3/t16-,19?,21+,22?,25+,28-,29?/m1/s1. The molecule has 3 N–H and O–H groups in total. The van der Waals surface area contributed by atoms with Gasteiger partial charge in [-0.15, -0.1) is 0 Å². The Balaban J connectivity index is 1.94. The van der Waals surface area contributed by atoms with Crippen LogP contribution >= 0.6 is 0 Å². The molecule has 1 heterocycles. The summed E-state index contributed by atoms with van der Waals surface area (Å²) < 4.78 is 17.5. The maximum absolute atomic E-state index is 13.5. The molecule has 3 aliphatic rings. The fraction of sp³-hybridized carbons (Fsp3) is 0.586. The van der Waals surface area contributed by atoms with Gasteiger partial charge in [-0.3, -0.25) is 14.4 Å². The van der Waals surface area contributed by atoms with Gasteiger partial charge in [-0.25, -0.2) is 4.79 Å². The molecule has 10 nitrogen and oxygen atoms in total. The number of fused-ring (bicyclic) bond motifs is 3. The summed E-state index contributed by atoms with van der Waals surface area (Å²) in [5.74, 6) is -4.19. The van der Waals surface area contributed by atoms with Crippen molar-refractivity contribution in [3.8, 4) is 0 Å². The van der Waals surface area contributed by atoms with Gasteiger partial charge in [0.05, 0.1) is 24.4 Å². The van der Waals surface area contributed by atoms with Gasteiger partial charge in [0.2, 0.25) is 11.6 Å². The van der Waals surface area contributed by atoms with E-state index in [4.69, 9.17) is 14.2 Å². The number of hydrogen-bond donors (Lipinski definition) is 3. The zero-order valence-electron chi connectivity index (χ0n) is 22.8. The molecule has 0 spiro atoms. The van der Waals surface area contributed by atoms with Crippen molar-refractivity contribution in [3.05, 3.63) is 47.0 Å². The molecule has 2 bridgehead atoms. The van der Waals surface area contributed by atoms with Crippen molar-refractivity contribution in [2.45, 2.75) is 89.5 Å². The lowest BCUT2D eigenvalue weighted by atomic mass is 9.55. The molecule has 3 unspecified atom stereocenters. The normalized spacial score (nSPS) is 36.6. The molecule has 0 radical (unpaired) electrons. The van der Waals surface area contributed by atoms with Gasteiger partial charge in [0, 0.05) is 43.1 Å². The summed E-state index contributed by atoms with van der Waals surface area (Å²) in [6.45, 7) is 7.35. The molecule has 10 heteroatoms. The van der Waals surface area contributed by atoms with Gasteiger partial charge in [-0.05, 0) is 24.6 Å². The summed E-state index contributed by atoms with van der Waals surface area (Å²) in [6, 6.07) is 8.10. The van der Waals surface area contributed by atoms with Crippen LogP contribution in [0.15, 0.2) is 41.5 Å². The second-order valence-electron chi connectivity index (χ2n) is 11.5. The molecule has 1 aliphatic heterocycles. The number of hydrogen-bond acceptors (Lipinski definition) is 10. The number of carbonyl (C=O) groups is 4. The van der Waals surface area contributed by atoms with Crippen LogP contribution in [0, 0.1) is 11.3 Å². The van der Waals surface area contributed by atoms with Crippen LogP contribution in [-0.2, 0) is 28.6 Å². The second-order valence-corrected chi connectivity index (χ2v) is 11.5. The van der Waals surface area contributed by atoms with Gasteiger partial charge >= 0.3 is 11.9 Å². The summed E-state index contributed by atoms with van der Waals surface area (Å²) in [5, 5.41) is 34.3. The number of carbonyl (C=O) groups excluding carboxylic acids is 4. The first kappa shape index (κ1) is 29.1. The highest BCUT2D eigenvalue weighted by atomic mass is 16.6. The van der Waals surface area contributed by atoms with E-state index in [1.165, 1.54) is 13.8 Å². The lowest BCUT2D eigenvalue weighted by molar-refractivity contribution is -0.300.